The van der Waals surface area contributed by atoms with E-state index in [2.05, 4.69) is 29.0 Å². The van der Waals surface area contributed by atoms with Gasteiger partial charge in [-0.2, -0.15) is 0 Å². The zero-order valence-corrected chi connectivity index (χ0v) is 27.5. The van der Waals surface area contributed by atoms with E-state index in [-0.39, 0.29) is 28.3 Å². The Hall–Kier alpha value is -3.43. The van der Waals surface area contributed by atoms with Crippen LogP contribution < -0.4 is 10.2 Å². The zero-order valence-electron chi connectivity index (χ0n) is 27.5. The van der Waals surface area contributed by atoms with Crippen LogP contribution in [0.5, 0.6) is 5.75 Å². The molecule has 2 N–H and O–H groups in total. The number of unbranched alkanes of at least 4 members (excludes halogenated alkanes) is 2. The first-order chi connectivity index (χ1) is 22.8. The first-order valence-electron chi connectivity index (χ1n) is 17.6. The molecule has 3 aromatic carbocycles. The first-order valence-corrected chi connectivity index (χ1v) is 17.6. The summed E-state index contributed by atoms with van der Waals surface area (Å²) >= 11 is 0. The van der Waals surface area contributed by atoms with Crippen molar-refractivity contribution < 1.29 is 18.3 Å². The Balaban J connectivity index is 1.22. The normalized spacial score (nSPS) is 23.7. The van der Waals surface area contributed by atoms with Gasteiger partial charge in [-0.15, -0.1) is 0 Å². The molecule has 250 valence electrons. The second kappa shape index (κ2) is 13.6. The number of fused-ring (bicyclic) bond motifs is 4. The van der Waals surface area contributed by atoms with Crippen molar-refractivity contribution >= 4 is 27.5 Å². The van der Waals surface area contributed by atoms with Gasteiger partial charge in [-0.25, -0.2) is 23.1 Å². The number of piperazine rings is 1. The molecule has 0 saturated carbocycles. The van der Waals surface area contributed by atoms with Crippen molar-refractivity contribution in [2.75, 3.05) is 31.1 Å². The topological polar surface area (TPSA) is 64.5 Å². The highest BCUT2D eigenvalue weighted by atomic mass is 19.1. The summed E-state index contributed by atoms with van der Waals surface area (Å²) in [4.78, 5) is 14.9. The van der Waals surface area contributed by atoms with Gasteiger partial charge >= 0.3 is 0 Å². The molecule has 2 bridgehead atoms. The SMILES string of the molecule is CCC(C)CN1C2CCC1CN(c1nc(CCCCCC3CC(F)CN3)nc3c(F)c(-c4cc(O)cc5cccc(F)c45)ccc13)C2. The lowest BCUT2D eigenvalue weighted by Gasteiger charge is -2.43. The van der Waals surface area contributed by atoms with Crippen LogP contribution in [-0.4, -0.2) is 70.5 Å². The maximum Gasteiger partial charge on any atom is 0.157 e. The highest BCUT2D eigenvalue weighted by Gasteiger charge is 2.41. The minimum absolute atomic E-state index is 0.0535. The van der Waals surface area contributed by atoms with Gasteiger partial charge < -0.3 is 15.3 Å². The summed E-state index contributed by atoms with van der Waals surface area (Å²) in [7, 11) is 0. The van der Waals surface area contributed by atoms with Crippen molar-refractivity contribution in [3.63, 3.8) is 0 Å². The van der Waals surface area contributed by atoms with E-state index >= 15 is 8.78 Å². The summed E-state index contributed by atoms with van der Waals surface area (Å²) in [6, 6.07) is 12.2. The van der Waals surface area contributed by atoms with E-state index in [1.54, 1.807) is 18.2 Å². The Labute approximate surface area is 275 Å². The van der Waals surface area contributed by atoms with E-state index in [1.807, 2.05) is 6.07 Å². The number of alkyl halides is 1. The molecule has 0 amide bonds. The Morgan fingerprint density at radius 2 is 1.81 bits per heavy atom. The molecule has 5 unspecified atom stereocenters. The van der Waals surface area contributed by atoms with Crippen molar-refractivity contribution in [1.29, 1.82) is 0 Å². The highest BCUT2D eigenvalue weighted by molar-refractivity contribution is 6.01. The highest BCUT2D eigenvalue weighted by Crippen LogP contribution is 2.40. The van der Waals surface area contributed by atoms with Crippen LogP contribution in [0.25, 0.3) is 32.8 Å². The number of benzene rings is 3. The van der Waals surface area contributed by atoms with E-state index in [0.29, 0.717) is 59.5 Å². The monoisotopic (exact) mass is 645 g/mol. The number of nitrogens with zero attached hydrogens (tertiary/aromatic N) is 4. The van der Waals surface area contributed by atoms with E-state index in [9.17, 15) is 9.50 Å². The van der Waals surface area contributed by atoms with Gasteiger partial charge in [0.2, 0.25) is 0 Å². The fourth-order valence-corrected chi connectivity index (χ4v) is 8.12. The number of phenols is 1. The van der Waals surface area contributed by atoms with Crippen LogP contribution in [-0.2, 0) is 6.42 Å². The number of hydrogen-bond acceptors (Lipinski definition) is 6. The Morgan fingerprint density at radius 1 is 1.00 bits per heavy atom. The third-order valence-electron chi connectivity index (χ3n) is 10.8. The third kappa shape index (κ3) is 6.53. The number of aromatic hydroxyl groups is 1. The largest absolute Gasteiger partial charge is 0.508 e. The quantitative estimate of drug-likeness (QED) is 0.162. The molecule has 47 heavy (non-hydrogen) atoms. The molecule has 0 radical (unpaired) electrons. The lowest BCUT2D eigenvalue weighted by atomic mass is 9.95. The van der Waals surface area contributed by atoms with Crippen LogP contribution in [0.2, 0.25) is 0 Å². The van der Waals surface area contributed by atoms with Gasteiger partial charge in [0.05, 0.1) is 0 Å². The van der Waals surface area contributed by atoms with Crippen LogP contribution in [0, 0.1) is 17.6 Å². The van der Waals surface area contributed by atoms with E-state index in [1.165, 1.54) is 18.2 Å². The molecular weight excluding hydrogens is 599 g/mol. The van der Waals surface area contributed by atoms with Gasteiger partial charge in [0.15, 0.2) is 5.82 Å². The standard InChI is InChI=1S/C38H46F3N5O/c1-3-23(2)20-46-27-12-13-28(46)22-45(21-27)38-31-15-14-30(32-18-29(47)16-24-8-7-10-33(40)35(24)32)36(41)37(31)43-34(44-38)11-6-4-5-9-26-17-25(39)19-42-26/h7-8,10,14-16,18,23,25-28,42,47H,3-6,9,11-13,17,19-22H2,1-2H3. The minimum Gasteiger partial charge on any atom is -0.508 e. The van der Waals surface area contributed by atoms with Gasteiger partial charge in [0.1, 0.15) is 34.9 Å². The smallest absolute Gasteiger partial charge is 0.157 e. The van der Waals surface area contributed by atoms with Gasteiger partial charge in [-0.1, -0.05) is 51.3 Å². The van der Waals surface area contributed by atoms with E-state index in [0.717, 1.165) is 70.4 Å². The maximum absolute atomic E-state index is 16.8. The minimum atomic E-state index is -0.745. The molecule has 3 aliphatic heterocycles. The average molecular weight is 646 g/mol. The van der Waals surface area contributed by atoms with Gasteiger partial charge in [-0.3, -0.25) is 4.90 Å². The van der Waals surface area contributed by atoms with Crippen molar-refractivity contribution in [3.8, 4) is 16.9 Å². The van der Waals surface area contributed by atoms with Crippen LogP contribution in [0.15, 0.2) is 42.5 Å². The van der Waals surface area contributed by atoms with Gasteiger partial charge in [0.25, 0.3) is 0 Å². The molecule has 0 aliphatic carbocycles. The number of anilines is 1. The first kappa shape index (κ1) is 32.1. The molecule has 1 aromatic heterocycles. The summed E-state index contributed by atoms with van der Waals surface area (Å²) in [5, 5.41) is 15.2. The van der Waals surface area contributed by atoms with Gasteiger partial charge in [-0.05, 0) is 73.2 Å². The summed E-state index contributed by atoms with van der Waals surface area (Å²) < 4.78 is 45.5. The molecule has 4 heterocycles. The molecule has 3 aliphatic rings. The van der Waals surface area contributed by atoms with Crippen molar-refractivity contribution in [1.82, 2.24) is 20.2 Å². The number of aryl methyl sites for hydroxylation is 1. The van der Waals surface area contributed by atoms with Crippen LogP contribution >= 0.6 is 0 Å². The molecule has 4 aromatic rings. The van der Waals surface area contributed by atoms with Crippen molar-refractivity contribution in [2.24, 2.45) is 5.92 Å². The van der Waals surface area contributed by atoms with Crippen molar-refractivity contribution in [3.05, 3.63) is 59.9 Å². The number of halogens is 3. The summed E-state index contributed by atoms with van der Waals surface area (Å²) in [6.45, 7) is 7.80. The van der Waals surface area contributed by atoms with Crippen LogP contribution in [0.1, 0.15) is 71.0 Å². The van der Waals surface area contributed by atoms with Crippen LogP contribution in [0.3, 0.4) is 0 Å². The lowest BCUT2D eigenvalue weighted by Crippen LogP contribution is -2.55. The number of phenolic OH excluding ortho intramolecular Hbond substituents is 1. The zero-order chi connectivity index (χ0) is 32.7. The number of aromatic nitrogens is 2. The Bertz CT molecular complexity index is 1740. The number of nitrogens with one attached hydrogen (secondary N) is 1. The van der Waals surface area contributed by atoms with E-state index < -0.39 is 17.8 Å². The second-order valence-electron chi connectivity index (χ2n) is 14.2. The third-order valence-corrected chi connectivity index (χ3v) is 10.8. The molecule has 3 saturated heterocycles. The molecule has 5 atom stereocenters. The fraction of sp³-hybridized carbons (Fsp3) is 0.526. The summed E-state index contributed by atoms with van der Waals surface area (Å²) in [5.41, 5.74) is 0.730. The number of rotatable bonds is 11. The molecule has 9 heteroatoms. The summed E-state index contributed by atoms with van der Waals surface area (Å²) in [5.74, 6) is 0.960. The lowest BCUT2D eigenvalue weighted by molar-refractivity contribution is 0.145. The fourth-order valence-electron chi connectivity index (χ4n) is 8.12. The molecule has 7 rings (SSSR count). The average Bonchev–Trinajstić information content (AvgIpc) is 3.56. The molecular formula is C38H46F3N5O. The molecule has 3 fully saturated rings. The predicted octanol–water partition coefficient (Wildman–Crippen LogP) is 7.94. The van der Waals surface area contributed by atoms with E-state index in [4.69, 9.17) is 9.97 Å². The van der Waals surface area contributed by atoms with Gasteiger partial charge in [0, 0.05) is 67.1 Å². The molecule has 6 nitrogen and oxygen atoms in total. The Kier molecular flexibility index (Phi) is 9.29. The Morgan fingerprint density at radius 3 is 2.55 bits per heavy atom. The van der Waals surface area contributed by atoms with Crippen LogP contribution in [0.4, 0.5) is 19.0 Å². The second-order valence-corrected chi connectivity index (χ2v) is 14.2. The summed E-state index contributed by atoms with van der Waals surface area (Å²) in [6.07, 6.45) is 7.67. The maximum atomic E-state index is 16.8. The number of hydrogen-bond donors (Lipinski definition) is 2. The molecule has 0 spiro atoms. The predicted molar refractivity (Wildman–Crippen MR) is 183 cm³/mol. The van der Waals surface area contributed by atoms with Crippen molar-refractivity contribution in [2.45, 2.75) is 95.9 Å².